The number of hydrogen-bond donors (Lipinski definition) is 2. The summed E-state index contributed by atoms with van der Waals surface area (Å²) in [4.78, 5) is 12.3. The van der Waals surface area contributed by atoms with Crippen molar-refractivity contribution in [1.29, 1.82) is 0 Å². The molecule has 3 aromatic rings. The number of carbonyl (C=O) groups is 1. The van der Waals surface area contributed by atoms with Crippen molar-refractivity contribution >= 4 is 5.91 Å². The molecule has 0 fully saturated rings. The van der Waals surface area contributed by atoms with Gasteiger partial charge in [-0.05, 0) is 30.3 Å². The first-order valence-electron chi connectivity index (χ1n) is 8.67. The van der Waals surface area contributed by atoms with E-state index in [-0.39, 0.29) is 12.0 Å². The van der Waals surface area contributed by atoms with E-state index in [1.165, 1.54) is 0 Å². The maximum absolute atomic E-state index is 12.3. The largest absolute Gasteiger partial charge is 0.487 e. The Balaban J connectivity index is 1.27. The molecular formula is C20H19N3O4. The molecule has 0 spiro atoms. The minimum Gasteiger partial charge on any atom is -0.487 e. The van der Waals surface area contributed by atoms with E-state index in [0.29, 0.717) is 31.2 Å². The molecule has 1 aliphatic heterocycles. The average molecular weight is 365 g/mol. The van der Waals surface area contributed by atoms with Gasteiger partial charge in [0.1, 0.15) is 30.8 Å². The van der Waals surface area contributed by atoms with Crippen LogP contribution < -0.4 is 19.5 Å². The van der Waals surface area contributed by atoms with Crippen LogP contribution in [-0.4, -0.2) is 35.4 Å². The highest BCUT2D eigenvalue weighted by Gasteiger charge is 2.21. The lowest BCUT2D eigenvalue weighted by Crippen LogP contribution is -2.40. The first-order chi connectivity index (χ1) is 13.3. The summed E-state index contributed by atoms with van der Waals surface area (Å²) in [6.45, 7) is 1.02. The van der Waals surface area contributed by atoms with Crippen molar-refractivity contribution in [2.45, 2.75) is 12.7 Å². The minimum atomic E-state index is -0.278. The highest BCUT2D eigenvalue weighted by Crippen LogP contribution is 2.30. The number of benzene rings is 2. The first kappa shape index (κ1) is 17.0. The number of nitrogens with one attached hydrogen (secondary N) is 2. The lowest BCUT2D eigenvalue weighted by Gasteiger charge is -2.26. The number of rotatable bonds is 6. The number of aromatic nitrogens is 2. The SMILES string of the molecule is O=C(NC[C@H]1COc2ccccc2O1)c1cc(COc2ccccc2)[nH]n1. The number of carbonyl (C=O) groups excluding carboxylic acids is 1. The Morgan fingerprint density at radius 3 is 2.78 bits per heavy atom. The fourth-order valence-electron chi connectivity index (χ4n) is 2.69. The predicted octanol–water partition coefficient (Wildman–Crippen LogP) is 2.56. The molecule has 1 amide bonds. The smallest absolute Gasteiger partial charge is 0.271 e. The van der Waals surface area contributed by atoms with Crippen molar-refractivity contribution in [2.75, 3.05) is 13.2 Å². The molecule has 7 nitrogen and oxygen atoms in total. The molecule has 2 N–H and O–H groups in total. The van der Waals surface area contributed by atoms with Gasteiger partial charge in [-0.1, -0.05) is 30.3 Å². The van der Waals surface area contributed by atoms with Gasteiger partial charge in [-0.2, -0.15) is 5.10 Å². The topological polar surface area (TPSA) is 85.5 Å². The third kappa shape index (κ3) is 4.20. The zero-order chi connectivity index (χ0) is 18.5. The zero-order valence-corrected chi connectivity index (χ0v) is 14.6. The Hall–Kier alpha value is -3.48. The minimum absolute atomic E-state index is 0.247. The molecule has 4 rings (SSSR count). The van der Waals surface area contributed by atoms with E-state index in [1.54, 1.807) is 6.07 Å². The van der Waals surface area contributed by atoms with E-state index in [2.05, 4.69) is 15.5 Å². The van der Waals surface area contributed by atoms with Gasteiger partial charge in [0.05, 0.1) is 12.2 Å². The van der Waals surface area contributed by atoms with E-state index in [9.17, 15) is 4.79 Å². The van der Waals surface area contributed by atoms with Crippen molar-refractivity contribution < 1.29 is 19.0 Å². The lowest BCUT2D eigenvalue weighted by atomic mass is 10.2. The van der Waals surface area contributed by atoms with Crippen LogP contribution >= 0.6 is 0 Å². The van der Waals surface area contributed by atoms with Gasteiger partial charge in [-0.3, -0.25) is 9.89 Å². The Labute approximate surface area is 156 Å². The first-order valence-corrected chi connectivity index (χ1v) is 8.67. The van der Waals surface area contributed by atoms with Gasteiger partial charge in [0.25, 0.3) is 5.91 Å². The second kappa shape index (κ2) is 7.82. The Kier molecular flexibility index (Phi) is 4.91. The summed E-state index contributed by atoms with van der Waals surface area (Å²) in [5, 5.41) is 9.67. The van der Waals surface area contributed by atoms with Crippen LogP contribution in [0.4, 0.5) is 0 Å². The Morgan fingerprint density at radius 1 is 1.15 bits per heavy atom. The molecule has 0 aliphatic carbocycles. The Bertz CT molecular complexity index is 910. The van der Waals surface area contributed by atoms with E-state index in [1.807, 2.05) is 54.6 Å². The monoisotopic (exact) mass is 365 g/mol. The van der Waals surface area contributed by atoms with E-state index < -0.39 is 0 Å². The number of ether oxygens (including phenoxy) is 3. The van der Waals surface area contributed by atoms with Gasteiger partial charge in [0, 0.05) is 0 Å². The van der Waals surface area contributed by atoms with Gasteiger partial charge < -0.3 is 19.5 Å². The summed E-state index contributed by atoms with van der Waals surface area (Å²) in [5.74, 6) is 1.88. The van der Waals surface area contributed by atoms with Crippen molar-refractivity contribution in [3.8, 4) is 17.2 Å². The number of para-hydroxylation sites is 3. The van der Waals surface area contributed by atoms with Crippen LogP contribution in [0.2, 0.25) is 0 Å². The van der Waals surface area contributed by atoms with Gasteiger partial charge in [0.2, 0.25) is 0 Å². The van der Waals surface area contributed by atoms with Gasteiger partial charge in [0.15, 0.2) is 11.5 Å². The third-order valence-electron chi connectivity index (χ3n) is 4.06. The van der Waals surface area contributed by atoms with Crippen LogP contribution in [0, 0.1) is 0 Å². The fourth-order valence-corrected chi connectivity index (χ4v) is 2.69. The molecule has 0 bridgehead atoms. The van der Waals surface area contributed by atoms with Crippen LogP contribution in [-0.2, 0) is 6.61 Å². The second-order valence-corrected chi connectivity index (χ2v) is 6.09. The second-order valence-electron chi connectivity index (χ2n) is 6.09. The van der Waals surface area contributed by atoms with Gasteiger partial charge in [-0.15, -0.1) is 0 Å². The molecule has 0 radical (unpaired) electrons. The van der Waals surface area contributed by atoms with Crippen LogP contribution in [0.1, 0.15) is 16.2 Å². The molecule has 1 aliphatic rings. The lowest BCUT2D eigenvalue weighted by molar-refractivity contribution is 0.0786. The number of aromatic amines is 1. The molecule has 1 aromatic heterocycles. The van der Waals surface area contributed by atoms with Crippen LogP contribution in [0.15, 0.2) is 60.7 Å². The Morgan fingerprint density at radius 2 is 1.93 bits per heavy atom. The summed E-state index contributed by atoms with van der Waals surface area (Å²) >= 11 is 0. The van der Waals surface area contributed by atoms with Crippen LogP contribution in [0.5, 0.6) is 17.2 Å². The average Bonchev–Trinajstić information content (AvgIpc) is 3.20. The van der Waals surface area contributed by atoms with E-state index in [4.69, 9.17) is 14.2 Å². The number of fused-ring (bicyclic) bond motifs is 1. The molecule has 7 heteroatoms. The number of hydrogen-bond acceptors (Lipinski definition) is 5. The number of amides is 1. The zero-order valence-electron chi connectivity index (χ0n) is 14.6. The molecular weight excluding hydrogens is 346 g/mol. The summed E-state index contributed by atoms with van der Waals surface area (Å²) in [6, 6.07) is 18.6. The fraction of sp³-hybridized carbons (Fsp3) is 0.200. The van der Waals surface area contributed by atoms with Crippen LogP contribution in [0.25, 0.3) is 0 Å². The maximum atomic E-state index is 12.3. The molecule has 0 unspecified atom stereocenters. The molecule has 2 heterocycles. The summed E-state index contributed by atoms with van der Waals surface area (Å²) in [5.41, 5.74) is 1.02. The highest BCUT2D eigenvalue weighted by atomic mass is 16.6. The molecule has 1 atom stereocenters. The van der Waals surface area contributed by atoms with Crippen LogP contribution in [0.3, 0.4) is 0 Å². The maximum Gasteiger partial charge on any atom is 0.271 e. The number of nitrogens with zero attached hydrogens (tertiary/aromatic N) is 1. The van der Waals surface area contributed by atoms with E-state index in [0.717, 1.165) is 17.2 Å². The summed E-state index contributed by atoms with van der Waals surface area (Å²) < 4.78 is 17.1. The predicted molar refractivity (Wildman–Crippen MR) is 98.0 cm³/mol. The van der Waals surface area contributed by atoms with Crippen molar-refractivity contribution in [3.05, 3.63) is 72.1 Å². The van der Waals surface area contributed by atoms with Crippen molar-refractivity contribution in [2.24, 2.45) is 0 Å². The quantitative estimate of drug-likeness (QED) is 0.701. The third-order valence-corrected chi connectivity index (χ3v) is 4.06. The molecule has 27 heavy (non-hydrogen) atoms. The molecule has 138 valence electrons. The van der Waals surface area contributed by atoms with Crippen molar-refractivity contribution in [3.63, 3.8) is 0 Å². The van der Waals surface area contributed by atoms with Gasteiger partial charge in [-0.25, -0.2) is 0 Å². The molecule has 2 aromatic carbocycles. The molecule has 0 saturated heterocycles. The normalized spacial score (nSPS) is 15.2. The number of H-pyrrole nitrogens is 1. The standard InChI is InChI=1S/C20H19N3O4/c24-20(21-11-16-13-26-18-8-4-5-9-19(18)27-16)17-10-14(22-23-17)12-25-15-6-2-1-3-7-15/h1-10,16H,11-13H2,(H,21,24)(H,22,23)/t16-/m0/s1. The van der Waals surface area contributed by atoms with Gasteiger partial charge >= 0.3 is 0 Å². The van der Waals surface area contributed by atoms with E-state index >= 15 is 0 Å². The highest BCUT2D eigenvalue weighted by molar-refractivity contribution is 5.92. The van der Waals surface area contributed by atoms with Crippen molar-refractivity contribution in [1.82, 2.24) is 15.5 Å². The molecule has 0 saturated carbocycles. The summed E-state index contributed by atoms with van der Waals surface area (Å²) in [7, 11) is 0. The summed E-state index contributed by atoms with van der Waals surface area (Å²) in [6.07, 6.45) is -0.247.